The van der Waals surface area contributed by atoms with Crippen LogP contribution >= 0.6 is 15.9 Å². The molecule has 1 unspecified atom stereocenters. The number of likely N-dealkylation sites (tertiary alicyclic amines) is 1. The van der Waals surface area contributed by atoms with Crippen LogP contribution in [0.3, 0.4) is 0 Å². The fourth-order valence-corrected chi connectivity index (χ4v) is 3.97. The summed E-state index contributed by atoms with van der Waals surface area (Å²) in [7, 11) is 0. The summed E-state index contributed by atoms with van der Waals surface area (Å²) >= 11 is 3.56. The molecule has 0 radical (unpaired) electrons. The van der Waals surface area contributed by atoms with Gasteiger partial charge in [-0.2, -0.15) is 0 Å². The van der Waals surface area contributed by atoms with E-state index in [1.54, 1.807) is 0 Å². The van der Waals surface area contributed by atoms with Gasteiger partial charge < -0.3 is 14.8 Å². The number of halogens is 1. The first-order chi connectivity index (χ1) is 11.8. The topological polar surface area (TPSA) is 33.7 Å². The van der Waals surface area contributed by atoms with Crippen molar-refractivity contribution in [2.24, 2.45) is 0 Å². The van der Waals surface area contributed by atoms with Crippen LogP contribution in [0.1, 0.15) is 17.5 Å². The van der Waals surface area contributed by atoms with Crippen LogP contribution in [-0.4, -0.2) is 30.8 Å². The molecule has 0 amide bonds. The molecule has 2 aliphatic rings. The molecule has 0 saturated carbocycles. The van der Waals surface area contributed by atoms with Crippen LogP contribution in [0.25, 0.3) is 0 Å². The minimum Gasteiger partial charge on any atom is -0.454 e. The van der Waals surface area contributed by atoms with Crippen molar-refractivity contribution >= 4 is 15.9 Å². The molecule has 5 heteroatoms. The molecule has 0 aromatic heterocycles. The normalized spacial score (nSPS) is 19.8. The van der Waals surface area contributed by atoms with E-state index in [1.807, 2.05) is 0 Å². The van der Waals surface area contributed by atoms with Gasteiger partial charge in [0, 0.05) is 32.2 Å². The standard InChI is InChI=1S/C19H21BrN2O2/c20-17-8-15(9-18-19(17)24-13-23-18)10-21-16-6-7-22(12-16)11-14-4-2-1-3-5-14/h1-5,8-9,16,21H,6-7,10-13H2. The zero-order valence-corrected chi connectivity index (χ0v) is 15.1. The monoisotopic (exact) mass is 388 g/mol. The lowest BCUT2D eigenvalue weighted by atomic mass is 10.2. The first kappa shape index (κ1) is 15.9. The van der Waals surface area contributed by atoms with E-state index >= 15 is 0 Å². The van der Waals surface area contributed by atoms with Gasteiger partial charge in [0.25, 0.3) is 0 Å². The highest BCUT2D eigenvalue weighted by Gasteiger charge is 2.23. The summed E-state index contributed by atoms with van der Waals surface area (Å²) in [6, 6.07) is 15.4. The molecule has 0 spiro atoms. The number of hydrogen-bond acceptors (Lipinski definition) is 4. The van der Waals surface area contributed by atoms with Crippen LogP contribution in [-0.2, 0) is 13.1 Å². The minimum absolute atomic E-state index is 0.307. The third-order valence-corrected chi connectivity index (χ3v) is 5.19. The number of nitrogens with one attached hydrogen (secondary N) is 1. The lowest BCUT2D eigenvalue weighted by Crippen LogP contribution is -2.31. The van der Waals surface area contributed by atoms with E-state index in [9.17, 15) is 0 Å². The summed E-state index contributed by atoms with van der Waals surface area (Å²) < 4.78 is 11.9. The van der Waals surface area contributed by atoms with Crippen molar-refractivity contribution in [2.45, 2.75) is 25.6 Å². The molecule has 2 aromatic carbocycles. The van der Waals surface area contributed by atoms with Crippen LogP contribution < -0.4 is 14.8 Å². The second-order valence-electron chi connectivity index (χ2n) is 6.40. The number of fused-ring (bicyclic) bond motifs is 1. The summed E-state index contributed by atoms with van der Waals surface area (Å²) in [6.45, 7) is 4.44. The number of rotatable bonds is 5. The molecule has 1 saturated heterocycles. The number of benzene rings is 2. The Balaban J connectivity index is 1.30. The van der Waals surface area contributed by atoms with Crippen molar-refractivity contribution in [1.82, 2.24) is 10.2 Å². The van der Waals surface area contributed by atoms with Gasteiger partial charge in [0.15, 0.2) is 11.5 Å². The minimum atomic E-state index is 0.307. The van der Waals surface area contributed by atoms with Gasteiger partial charge in [-0.05, 0) is 45.6 Å². The Hall–Kier alpha value is -1.56. The fraction of sp³-hybridized carbons (Fsp3) is 0.368. The molecule has 2 heterocycles. The van der Waals surface area contributed by atoms with Crippen molar-refractivity contribution in [3.05, 3.63) is 58.1 Å². The van der Waals surface area contributed by atoms with E-state index in [0.717, 1.165) is 42.2 Å². The Kier molecular flexibility index (Phi) is 4.74. The summed E-state index contributed by atoms with van der Waals surface area (Å²) in [5.41, 5.74) is 2.60. The lowest BCUT2D eigenvalue weighted by Gasteiger charge is -2.17. The van der Waals surface area contributed by atoms with Crippen LogP contribution in [0.15, 0.2) is 46.9 Å². The van der Waals surface area contributed by atoms with Crippen LogP contribution in [0.4, 0.5) is 0 Å². The molecular formula is C19H21BrN2O2. The fourth-order valence-electron chi connectivity index (χ4n) is 3.37. The zero-order valence-electron chi connectivity index (χ0n) is 13.5. The Bertz CT molecular complexity index is 708. The Labute approximate surface area is 150 Å². The SMILES string of the molecule is Brc1cc(CNC2CCN(Cc3ccccc3)C2)cc2c1OCO2. The van der Waals surface area contributed by atoms with Gasteiger partial charge in [-0.25, -0.2) is 0 Å². The third-order valence-electron chi connectivity index (χ3n) is 4.60. The van der Waals surface area contributed by atoms with Gasteiger partial charge in [0.1, 0.15) is 0 Å². The van der Waals surface area contributed by atoms with E-state index in [0.29, 0.717) is 12.8 Å². The summed E-state index contributed by atoms with van der Waals surface area (Å²) in [4.78, 5) is 2.52. The maximum absolute atomic E-state index is 5.49. The second-order valence-corrected chi connectivity index (χ2v) is 7.25. The molecule has 126 valence electrons. The van der Waals surface area contributed by atoms with Crippen molar-refractivity contribution in [2.75, 3.05) is 19.9 Å². The molecule has 24 heavy (non-hydrogen) atoms. The van der Waals surface area contributed by atoms with Gasteiger partial charge in [0.2, 0.25) is 6.79 Å². The first-order valence-electron chi connectivity index (χ1n) is 8.35. The van der Waals surface area contributed by atoms with Gasteiger partial charge in [-0.1, -0.05) is 30.3 Å². The van der Waals surface area contributed by atoms with Crippen LogP contribution in [0, 0.1) is 0 Å². The smallest absolute Gasteiger partial charge is 0.231 e. The molecule has 1 fully saturated rings. The van der Waals surface area contributed by atoms with Crippen molar-refractivity contribution < 1.29 is 9.47 Å². The molecule has 2 aromatic rings. The van der Waals surface area contributed by atoms with Crippen LogP contribution in [0.5, 0.6) is 11.5 Å². The van der Waals surface area contributed by atoms with E-state index < -0.39 is 0 Å². The lowest BCUT2D eigenvalue weighted by molar-refractivity contribution is 0.173. The maximum Gasteiger partial charge on any atom is 0.231 e. The molecular weight excluding hydrogens is 368 g/mol. The van der Waals surface area contributed by atoms with E-state index in [-0.39, 0.29) is 0 Å². The van der Waals surface area contributed by atoms with Crippen molar-refractivity contribution in [3.63, 3.8) is 0 Å². The number of nitrogens with zero attached hydrogens (tertiary/aromatic N) is 1. The molecule has 1 atom stereocenters. The molecule has 0 bridgehead atoms. The summed E-state index contributed by atoms with van der Waals surface area (Å²) in [6.07, 6.45) is 1.19. The van der Waals surface area contributed by atoms with Gasteiger partial charge in [-0.3, -0.25) is 4.90 Å². The predicted molar refractivity (Wildman–Crippen MR) is 97.2 cm³/mol. The second kappa shape index (κ2) is 7.13. The largest absolute Gasteiger partial charge is 0.454 e. The van der Waals surface area contributed by atoms with E-state index in [1.165, 1.54) is 17.5 Å². The van der Waals surface area contributed by atoms with Crippen molar-refractivity contribution in [3.8, 4) is 11.5 Å². The number of hydrogen-bond donors (Lipinski definition) is 1. The molecule has 4 rings (SSSR count). The molecule has 2 aliphatic heterocycles. The van der Waals surface area contributed by atoms with E-state index in [4.69, 9.17) is 9.47 Å². The highest BCUT2D eigenvalue weighted by Crippen LogP contribution is 2.39. The zero-order chi connectivity index (χ0) is 16.4. The predicted octanol–water partition coefficient (Wildman–Crippen LogP) is 3.54. The Morgan fingerprint density at radius 1 is 1.12 bits per heavy atom. The van der Waals surface area contributed by atoms with Gasteiger partial charge >= 0.3 is 0 Å². The molecule has 0 aliphatic carbocycles. The maximum atomic E-state index is 5.49. The Morgan fingerprint density at radius 2 is 2.00 bits per heavy atom. The third kappa shape index (κ3) is 3.58. The van der Waals surface area contributed by atoms with Gasteiger partial charge in [-0.15, -0.1) is 0 Å². The summed E-state index contributed by atoms with van der Waals surface area (Å²) in [5, 5.41) is 3.67. The average Bonchev–Trinajstić information content (AvgIpc) is 3.23. The quantitative estimate of drug-likeness (QED) is 0.848. The Morgan fingerprint density at radius 3 is 2.88 bits per heavy atom. The molecule has 1 N–H and O–H groups in total. The number of ether oxygens (including phenoxy) is 2. The highest BCUT2D eigenvalue weighted by molar-refractivity contribution is 9.10. The summed E-state index contributed by atoms with van der Waals surface area (Å²) in [5.74, 6) is 1.65. The molecule has 4 nitrogen and oxygen atoms in total. The van der Waals surface area contributed by atoms with E-state index in [2.05, 4.69) is 68.6 Å². The highest BCUT2D eigenvalue weighted by atomic mass is 79.9. The van der Waals surface area contributed by atoms with Crippen LogP contribution in [0.2, 0.25) is 0 Å². The van der Waals surface area contributed by atoms with Gasteiger partial charge in [0.05, 0.1) is 4.47 Å². The average molecular weight is 389 g/mol. The van der Waals surface area contributed by atoms with Crippen molar-refractivity contribution in [1.29, 1.82) is 0 Å². The first-order valence-corrected chi connectivity index (χ1v) is 9.15.